The summed E-state index contributed by atoms with van der Waals surface area (Å²) in [6.07, 6.45) is 0. The van der Waals surface area contributed by atoms with Crippen LogP contribution in [0, 0.1) is 11.3 Å². The summed E-state index contributed by atoms with van der Waals surface area (Å²) in [5.41, 5.74) is 1.83. The molecule has 0 spiro atoms. The smallest absolute Gasteiger partial charge is 0.263 e. The number of carbonyl (C=O) groups is 2. The third-order valence-electron chi connectivity index (χ3n) is 3.42. The Kier molecular flexibility index (Phi) is 4.40. The second kappa shape index (κ2) is 6.81. The Morgan fingerprint density at radius 1 is 1.12 bits per heavy atom. The number of nitrogens with zero attached hydrogens (tertiary/aromatic N) is 2. The Morgan fingerprint density at radius 3 is 2.52 bits per heavy atom. The minimum Gasteiger partial charge on any atom is -0.438 e. The number of hydrogen-bond donors (Lipinski definition) is 1. The van der Waals surface area contributed by atoms with Gasteiger partial charge >= 0.3 is 0 Å². The predicted molar refractivity (Wildman–Crippen MR) is 90.7 cm³/mol. The van der Waals surface area contributed by atoms with Gasteiger partial charge in [-0.1, -0.05) is 18.2 Å². The SMILES string of the molecule is CC(=O)NC(=O)c1cc2ccccc2oc1=Nc1ccc(C#N)cc1. The standard InChI is InChI=1S/C19H13N3O3/c1-12(23)21-18(24)16-10-14-4-2-3-5-17(14)25-19(16)22-15-8-6-13(11-20)7-9-15/h2-10H,1H3,(H,21,23,24). The highest BCUT2D eigenvalue weighted by Crippen LogP contribution is 2.15. The van der Waals surface area contributed by atoms with E-state index in [4.69, 9.17) is 9.68 Å². The van der Waals surface area contributed by atoms with E-state index in [0.29, 0.717) is 16.8 Å². The summed E-state index contributed by atoms with van der Waals surface area (Å²) >= 11 is 0. The zero-order chi connectivity index (χ0) is 17.8. The molecule has 0 radical (unpaired) electrons. The van der Waals surface area contributed by atoms with Crippen molar-refractivity contribution in [3.8, 4) is 6.07 Å². The minimum absolute atomic E-state index is 0.0853. The van der Waals surface area contributed by atoms with Crippen LogP contribution < -0.4 is 10.9 Å². The van der Waals surface area contributed by atoms with Gasteiger partial charge in [0.1, 0.15) is 11.1 Å². The average Bonchev–Trinajstić information content (AvgIpc) is 2.61. The van der Waals surface area contributed by atoms with E-state index in [-0.39, 0.29) is 11.1 Å². The summed E-state index contributed by atoms with van der Waals surface area (Å²) in [7, 11) is 0. The first-order chi connectivity index (χ1) is 12.1. The number of fused-ring (bicyclic) bond motifs is 1. The molecular weight excluding hydrogens is 318 g/mol. The largest absolute Gasteiger partial charge is 0.438 e. The lowest BCUT2D eigenvalue weighted by Gasteiger charge is -2.04. The maximum atomic E-state index is 12.3. The molecule has 0 bridgehead atoms. The van der Waals surface area contributed by atoms with Crippen LogP contribution in [0.5, 0.6) is 0 Å². The molecule has 0 unspecified atom stereocenters. The Hall–Kier alpha value is -3.72. The third kappa shape index (κ3) is 3.62. The predicted octanol–water partition coefficient (Wildman–Crippen LogP) is 2.81. The number of amides is 2. The molecule has 0 saturated carbocycles. The van der Waals surface area contributed by atoms with Gasteiger partial charge in [-0.25, -0.2) is 4.99 Å². The average molecular weight is 331 g/mol. The molecule has 0 atom stereocenters. The second-order valence-electron chi connectivity index (χ2n) is 5.28. The van der Waals surface area contributed by atoms with Gasteiger partial charge in [0, 0.05) is 12.3 Å². The van der Waals surface area contributed by atoms with E-state index >= 15 is 0 Å². The summed E-state index contributed by atoms with van der Waals surface area (Å²) in [5.74, 6) is -1.06. The van der Waals surface area contributed by atoms with Crippen molar-refractivity contribution in [1.29, 1.82) is 5.26 Å². The molecule has 0 fully saturated rings. The molecule has 1 N–H and O–H groups in total. The zero-order valence-electron chi connectivity index (χ0n) is 13.3. The topological polar surface area (TPSA) is 95.5 Å². The summed E-state index contributed by atoms with van der Waals surface area (Å²) in [5, 5.41) is 11.8. The molecule has 2 amide bonds. The van der Waals surface area contributed by atoms with Crippen LogP contribution in [0.3, 0.4) is 0 Å². The lowest BCUT2D eigenvalue weighted by atomic mass is 10.1. The van der Waals surface area contributed by atoms with Crippen LogP contribution in [-0.2, 0) is 4.79 Å². The summed E-state index contributed by atoms with van der Waals surface area (Å²) in [6, 6.07) is 17.4. The maximum Gasteiger partial charge on any atom is 0.263 e. The molecule has 0 aliphatic carbocycles. The molecule has 3 aromatic rings. The second-order valence-corrected chi connectivity index (χ2v) is 5.28. The van der Waals surface area contributed by atoms with Crippen LogP contribution in [0.1, 0.15) is 22.8 Å². The Morgan fingerprint density at radius 2 is 1.84 bits per heavy atom. The van der Waals surface area contributed by atoms with Gasteiger partial charge in [-0.15, -0.1) is 0 Å². The fourth-order valence-corrected chi connectivity index (χ4v) is 2.27. The normalized spacial score (nSPS) is 11.1. The van der Waals surface area contributed by atoms with Crippen LogP contribution in [0.4, 0.5) is 5.69 Å². The van der Waals surface area contributed by atoms with Crippen molar-refractivity contribution in [2.75, 3.05) is 0 Å². The van der Waals surface area contributed by atoms with Crippen molar-refractivity contribution in [2.24, 2.45) is 4.99 Å². The Balaban J connectivity index is 2.19. The van der Waals surface area contributed by atoms with Crippen molar-refractivity contribution in [3.63, 3.8) is 0 Å². The van der Waals surface area contributed by atoms with Gasteiger partial charge in [-0.2, -0.15) is 5.26 Å². The molecule has 6 nitrogen and oxygen atoms in total. The van der Waals surface area contributed by atoms with Crippen molar-refractivity contribution in [3.05, 3.63) is 71.3 Å². The quantitative estimate of drug-likeness (QED) is 0.781. The molecule has 1 aromatic heterocycles. The number of rotatable bonds is 2. The monoisotopic (exact) mass is 331 g/mol. The lowest BCUT2D eigenvalue weighted by Crippen LogP contribution is -2.32. The highest BCUT2D eigenvalue weighted by atomic mass is 16.3. The van der Waals surface area contributed by atoms with Gasteiger partial charge in [0.15, 0.2) is 0 Å². The van der Waals surface area contributed by atoms with E-state index in [0.717, 1.165) is 5.39 Å². The van der Waals surface area contributed by atoms with Gasteiger partial charge in [0.25, 0.3) is 5.91 Å². The first-order valence-electron chi connectivity index (χ1n) is 7.46. The number of nitriles is 1. The van der Waals surface area contributed by atoms with Crippen LogP contribution in [-0.4, -0.2) is 11.8 Å². The Labute approximate surface area is 143 Å². The molecule has 25 heavy (non-hydrogen) atoms. The zero-order valence-corrected chi connectivity index (χ0v) is 13.3. The van der Waals surface area contributed by atoms with Crippen molar-refractivity contribution < 1.29 is 14.0 Å². The first kappa shape index (κ1) is 16.1. The van der Waals surface area contributed by atoms with Gasteiger partial charge < -0.3 is 4.42 Å². The Bertz CT molecular complexity index is 1070. The fourth-order valence-electron chi connectivity index (χ4n) is 2.27. The molecule has 0 aliphatic rings. The van der Waals surface area contributed by atoms with E-state index in [1.807, 2.05) is 18.2 Å². The lowest BCUT2D eigenvalue weighted by molar-refractivity contribution is -0.118. The third-order valence-corrected chi connectivity index (χ3v) is 3.42. The maximum absolute atomic E-state index is 12.3. The highest BCUT2D eigenvalue weighted by Gasteiger charge is 2.13. The fraction of sp³-hybridized carbons (Fsp3) is 0.0526. The molecular formula is C19H13N3O3. The number of hydrogen-bond acceptors (Lipinski definition) is 5. The van der Waals surface area contributed by atoms with Crippen molar-refractivity contribution in [2.45, 2.75) is 6.92 Å². The molecule has 6 heteroatoms. The summed E-state index contributed by atoms with van der Waals surface area (Å²) < 4.78 is 5.75. The summed E-state index contributed by atoms with van der Waals surface area (Å²) in [4.78, 5) is 27.9. The van der Waals surface area contributed by atoms with Crippen LogP contribution in [0.15, 0.2) is 64.0 Å². The number of benzene rings is 2. The van der Waals surface area contributed by atoms with Crippen LogP contribution in [0.25, 0.3) is 11.0 Å². The van der Waals surface area contributed by atoms with Crippen molar-refractivity contribution >= 4 is 28.5 Å². The number of para-hydroxylation sites is 1. The molecule has 122 valence electrons. The molecule has 2 aromatic carbocycles. The van der Waals surface area contributed by atoms with E-state index in [2.05, 4.69) is 10.3 Å². The first-order valence-corrected chi connectivity index (χ1v) is 7.46. The van der Waals surface area contributed by atoms with Gasteiger partial charge in [0.2, 0.25) is 11.5 Å². The van der Waals surface area contributed by atoms with Gasteiger partial charge in [-0.3, -0.25) is 14.9 Å². The van der Waals surface area contributed by atoms with Gasteiger partial charge in [0.05, 0.1) is 17.3 Å². The van der Waals surface area contributed by atoms with E-state index in [1.165, 1.54) is 6.92 Å². The number of nitrogens with one attached hydrogen (secondary N) is 1. The van der Waals surface area contributed by atoms with Gasteiger partial charge in [-0.05, 0) is 36.4 Å². The minimum atomic E-state index is -0.589. The van der Waals surface area contributed by atoms with E-state index in [1.54, 1.807) is 42.5 Å². The molecule has 0 saturated heterocycles. The van der Waals surface area contributed by atoms with Crippen molar-refractivity contribution in [1.82, 2.24) is 5.32 Å². The van der Waals surface area contributed by atoms with Crippen LogP contribution in [0.2, 0.25) is 0 Å². The summed E-state index contributed by atoms with van der Waals surface area (Å²) in [6.45, 7) is 1.26. The molecule has 0 aliphatic heterocycles. The van der Waals surface area contributed by atoms with Crippen LogP contribution >= 0.6 is 0 Å². The molecule has 3 rings (SSSR count). The molecule has 1 heterocycles. The van der Waals surface area contributed by atoms with E-state index in [9.17, 15) is 9.59 Å². The number of carbonyl (C=O) groups excluding carboxylic acids is 2. The number of imide groups is 1. The highest BCUT2D eigenvalue weighted by molar-refractivity contribution is 6.05. The van der Waals surface area contributed by atoms with E-state index < -0.39 is 11.8 Å².